The third kappa shape index (κ3) is 3.69. The fourth-order valence-corrected chi connectivity index (χ4v) is 1.85. The lowest BCUT2D eigenvalue weighted by Gasteiger charge is -2.13. The summed E-state index contributed by atoms with van der Waals surface area (Å²) in [4.78, 5) is 10.8. The van der Waals surface area contributed by atoms with Gasteiger partial charge in [-0.3, -0.25) is 0 Å². The number of para-hydroxylation sites is 1. The lowest BCUT2D eigenvalue weighted by molar-refractivity contribution is 0.177. The van der Waals surface area contributed by atoms with E-state index in [-0.39, 0.29) is 12.3 Å². The molecule has 19 heavy (non-hydrogen) atoms. The van der Waals surface area contributed by atoms with Gasteiger partial charge in [-0.05, 0) is 18.1 Å². The summed E-state index contributed by atoms with van der Waals surface area (Å²) in [6, 6.07) is 7.95. The second-order valence-electron chi connectivity index (χ2n) is 4.26. The fraction of sp³-hybridized carbons (Fsp3) is 0.385. The van der Waals surface area contributed by atoms with Crippen LogP contribution in [0, 0.1) is 0 Å². The summed E-state index contributed by atoms with van der Waals surface area (Å²) in [6.07, 6.45) is 0.449. The van der Waals surface area contributed by atoms with Crippen molar-refractivity contribution in [1.82, 2.24) is 10.2 Å². The van der Waals surface area contributed by atoms with E-state index in [2.05, 4.69) is 22.4 Å². The summed E-state index contributed by atoms with van der Waals surface area (Å²) < 4.78 is 4.74. The number of nitrogens with one attached hydrogen (secondary N) is 2. The molecule has 0 aliphatic heterocycles. The Hall–Kier alpha value is -2.08. The molecule has 0 aliphatic carbocycles. The quantitative estimate of drug-likeness (QED) is 0.721. The minimum absolute atomic E-state index is 0.194. The maximum Gasteiger partial charge on any atom is 0.434 e. The van der Waals surface area contributed by atoms with Gasteiger partial charge in [-0.25, -0.2) is 9.89 Å². The smallest absolute Gasteiger partial charge is 0.392 e. The monoisotopic (exact) mass is 263 g/mol. The van der Waals surface area contributed by atoms with Crippen LogP contribution in [0.25, 0.3) is 0 Å². The summed E-state index contributed by atoms with van der Waals surface area (Å²) in [5, 5.41) is 18.9. The van der Waals surface area contributed by atoms with Crippen LogP contribution in [-0.2, 0) is 12.8 Å². The van der Waals surface area contributed by atoms with Gasteiger partial charge < -0.3 is 14.8 Å². The molecule has 6 nitrogen and oxygen atoms in total. The highest BCUT2D eigenvalue weighted by atomic mass is 16.4. The van der Waals surface area contributed by atoms with Crippen LogP contribution in [0.1, 0.15) is 18.4 Å². The highest BCUT2D eigenvalue weighted by Gasteiger charge is 2.10. The van der Waals surface area contributed by atoms with E-state index in [1.165, 1.54) is 5.56 Å². The number of aryl methyl sites for hydroxylation is 1. The lowest BCUT2D eigenvalue weighted by Crippen LogP contribution is -2.22. The van der Waals surface area contributed by atoms with E-state index in [1.807, 2.05) is 24.3 Å². The molecular weight excluding hydrogens is 246 g/mol. The third-order valence-electron chi connectivity index (χ3n) is 2.82. The van der Waals surface area contributed by atoms with Crippen molar-refractivity contribution < 1.29 is 9.52 Å². The zero-order valence-corrected chi connectivity index (χ0v) is 10.7. The number of nitrogens with zero attached hydrogens (tertiary/aromatic N) is 1. The topological polar surface area (TPSA) is 91.1 Å². The number of aromatic nitrogens is 2. The summed E-state index contributed by atoms with van der Waals surface area (Å²) in [7, 11) is 0. The molecule has 6 heteroatoms. The molecule has 3 N–H and O–H groups in total. The molecule has 0 radical (unpaired) electrons. The lowest BCUT2D eigenvalue weighted by atomic mass is 10.1. The molecule has 0 saturated heterocycles. The molecule has 2 rings (SSSR count). The van der Waals surface area contributed by atoms with E-state index in [4.69, 9.17) is 4.42 Å². The number of hydrogen-bond donors (Lipinski definition) is 3. The molecule has 1 aromatic carbocycles. The number of benzene rings is 1. The predicted molar refractivity (Wildman–Crippen MR) is 71.1 cm³/mol. The van der Waals surface area contributed by atoms with Crippen LogP contribution in [-0.4, -0.2) is 28.0 Å². The second kappa shape index (κ2) is 6.19. The van der Waals surface area contributed by atoms with Crippen molar-refractivity contribution in [2.75, 3.05) is 11.9 Å². The van der Waals surface area contributed by atoms with Crippen molar-refractivity contribution in [2.24, 2.45) is 0 Å². The SMILES string of the molecule is CCc1ccccc1NCC(O)Cc1n[nH]c(=O)o1. The largest absolute Gasteiger partial charge is 0.434 e. The number of aliphatic hydroxyl groups is 1. The molecule has 0 amide bonds. The number of anilines is 1. The van der Waals surface area contributed by atoms with Gasteiger partial charge >= 0.3 is 5.76 Å². The van der Waals surface area contributed by atoms with Crippen molar-refractivity contribution in [3.8, 4) is 0 Å². The van der Waals surface area contributed by atoms with Crippen molar-refractivity contribution in [3.05, 3.63) is 46.3 Å². The van der Waals surface area contributed by atoms with E-state index in [9.17, 15) is 9.90 Å². The second-order valence-corrected chi connectivity index (χ2v) is 4.26. The maximum atomic E-state index is 10.8. The maximum absolute atomic E-state index is 10.8. The average molecular weight is 263 g/mol. The van der Waals surface area contributed by atoms with E-state index in [0.717, 1.165) is 12.1 Å². The molecule has 0 spiro atoms. The van der Waals surface area contributed by atoms with Gasteiger partial charge in [0.15, 0.2) is 0 Å². The van der Waals surface area contributed by atoms with E-state index < -0.39 is 11.9 Å². The van der Waals surface area contributed by atoms with Crippen LogP contribution in [0.3, 0.4) is 0 Å². The van der Waals surface area contributed by atoms with E-state index >= 15 is 0 Å². The number of rotatable bonds is 6. The Labute approximate surface area is 110 Å². The third-order valence-corrected chi connectivity index (χ3v) is 2.82. The Morgan fingerprint density at radius 2 is 2.26 bits per heavy atom. The minimum atomic E-state index is -0.670. The Morgan fingerprint density at radius 3 is 2.95 bits per heavy atom. The molecule has 1 heterocycles. The number of H-pyrrole nitrogens is 1. The number of aliphatic hydroxyl groups excluding tert-OH is 1. The van der Waals surface area contributed by atoms with Crippen LogP contribution in [0.5, 0.6) is 0 Å². The molecule has 0 fully saturated rings. The first kappa shape index (κ1) is 13.4. The molecule has 102 valence electrons. The molecule has 0 saturated carbocycles. The van der Waals surface area contributed by atoms with E-state index in [0.29, 0.717) is 6.54 Å². The van der Waals surface area contributed by atoms with Crippen LogP contribution < -0.4 is 11.1 Å². The highest BCUT2D eigenvalue weighted by Crippen LogP contribution is 2.15. The average Bonchev–Trinajstić information content (AvgIpc) is 2.82. The molecule has 0 aliphatic rings. The Bertz CT molecular complexity index is 576. The molecule has 1 unspecified atom stereocenters. The number of aromatic amines is 1. The molecule has 1 atom stereocenters. The molecule has 0 bridgehead atoms. The van der Waals surface area contributed by atoms with Crippen LogP contribution >= 0.6 is 0 Å². The van der Waals surface area contributed by atoms with Crippen molar-refractivity contribution in [3.63, 3.8) is 0 Å². The molecular formula is C13H17N3O3. The highest BCUT2D eigenvalue weighted by molar-refractivity contribution is 5.51. The van der Waals surface area contributed by atoms with Gasteiger partial charge in [-0.1, -0.05) is 25.1 Å². The summed E-state index contributed by atoms with van der Waals surface area (Å²) in [5.41, 5.74) is 2.20. The molecule has 1 aromatic heterocycles. The molecule has 2 aromatic rings. The Balaban J connectivity index is 1.89. The summed E-state index contributed by atoms with van der Waals surface area (Å²) in [5.74, 6) is -0.394. The zero-order chi connectivity index (χ0) is 13.7. The normalized spacial score (nSPS) is 12.3. The number of hydrogen-bond acceptors (Lipinski definition) is 5. The van der Waals surface area contributed by atoms with Crippen LogP contribution in [0.2, 0.25) is 0 Å². The van der Waals surface area contributed by atoms with Gasteiger partial charge in [0.1, 0.15) is 0 Å². The van der Waals surface area contributed by atoms with Gasteiger partial charge in [-0.15, -0.1) is 5.10 Å². The van der Waals surface area contributed by atoms with Crippen LogP contribution in [0.4, 0.5) is 5.69 Å². The zero-order valence-electron chi connectivity index (χ0n) is 10.7. The first-order chi connectivity index (χ1) is 9.19. The summed E-state index contributed by atoms with van der Waals surface area (Å²) >= 11 is 0. The first-order valence-electron chi connectivity index (χ1n) is 6.23. The summed E-state index contributed by atoms with van der Waals surface area (Å²) in [6.45, 7) is 2.45. The predicted octanol–water partition coefficient (Wildman–Crippen LogP) is 0.941. The van der Waals surface area contributed by atoms with Gasteiger partial charge in [0.05, 0.1) is 12.5 Å². The van der Waals surface area contributed by atoms with Crippen LogP contribution in [0.15, 0.2) is 33.5 Å². The van der Waals surface area contributed by atoms with Crippen molar-refractivity contribution in [1.29, 1.82) is 0 Å². The Morgan fingerprint density at radius 1 is 1.47 bits per heavy atom. The van der Waals surface area contributed by atoms with E-state index in [1.54, 1.807) is 0 Å². The van der Waals surface area contributed by atoms with Gasteiger partial charge in [0.25, 0.3) is 0 Å². The van der Waals surface area contributed by atoms with Gasteiger partial charge in [0.2, 0.25) is 5.89 Å². The van der Waals surface area contributed by atoms with Gasteiger partial charge in [0, 0.05) is 12.2 Å². The van der Waals surface area contributed by atoms with Gasteiger partial charge in [-0.2, -0.15) is 0 Å². The standard InChI is InChI=1S/C13H17N3O3/c1-2-9-5-3-4-6-11(9)14-8-10(17)7-12-15-16-13(18)19-12/h3-6,10,14,17H,2,7-8H2,1H3,(H,16,18). The van der Waals surface area contributed by atoms with Crippen molar-refractivity contribution >= 4 is 5.69 Å². The minimum Gasteiger partial charge on any atom is -0.392 e. The fourth-order valence-electron chi connectivity index (χ4n) is 1.85. The Kier molecular flexibility index (Phi) is 4.35. The van der Waals surface area contributed by atoms with Crippen molar-refractivity contribution in [2.45, 2.75) is 25.9 Å². The first-order valence-corrected chi connectivity index (χ1v) is 6.23.